The lowest BCUT2D eigenvalue weighted by molar-refractivity contribution is -0.136. The molecule has 1 aromatic heterocycles. The number of thiazole rings is 1. The number of methoxy groups -OCH3 is 2. The second-order valence-corrected chi connectivity index (χ2v) is 10.1. The van der Waals surface area contributed by atoms with Crippen LogP contribution in [0.4, 0.5) is 0 Å². The first-order valence-corrected chi connectivity index (χ1v) is 12.9. The summed E-state index contributed by atoms with van der Waals surface area (Å²) in [5.74, 6) is 0.410. The Morgan fingerprint density at radius 1 is 1.21 bits per heavy atom. The van der Waals surface area contributed by atoms with Crippen molar-refractivity contribution in [2.45, 2.75) is 89.9 Å². The SMILES string of the molecule is CCCCc1sc(CC(OC2CCCC2)C(O)c2cc(OC)c(C)c(OC)c2)nc1CC(=O)O. The summed E-state index contributed by atoms with van der Waals surface area (Å²) in [6, 6.07) is 3.66. The highest BCUT2D eigenvalue weighted by Gasteiger charge is 2.30. The van der Waals surface area contributed by atoms with Crippen LogP contribution >= 0.6 is 11.3 Å². The predicted octanol–water partition coefficient (Wildman–Crippen LogP) is 5.04. The predicted molar refractivity (Wildman–Crippen MR) is 132 cm³/mol. The molecule has 0 radical (unpaired) electrons. The van der Waals surface area contributed by atoms with Gasteiger partial charge >= 0.3 is 5.97 Å². The number of carbonyl (C=O) groups is 1. The third kappa shape index (κ3) is 6.71. The Hall–Kier alpha value is -2.16. The zero-order valence-corrected chi connectivity index (χ0v) is 21.5. The van der Waals surface area contributed by atoms with Gasteiger partial charge in [-0.15, -0.1) is 11.3 Å². The molecule has 1 aliphatic carbocycles. The monoisotopic (exact) mass is 491 g/mol. The summed E-state index contributed by atoms with van der Waals surface area (Å²) in [5.41, 5.74) is 2.16. The van der Waals surface area contributed by atoms with Gasteiger partial charge in [0.15, 0.2) is 0 Å². The summed E-state index contributed by atoms with van der Waals surface area (Å²) >= 11 is 1.54. The average molecular weight is 492 g/mol. The fraction of sp³-hybridized carbons (Fsp3) is 0.615. The molecule has 188 valence electrons. The maximum atomic E-state index is 11.4. The number of carboxylic acid groups (broad SMARTS) is 1. The van der Waals surface area contributed by atoms with Crippen molar-refractivity contribution in [3.8, 4) is 11.5 Å². The van der Waals surface area contributed by atoms with Gasteiger partial charge in [-0.3, -0.25) is 4.79 Å². The van der Waals surface area contributed by atoms with Crippen LogP contribution in [0.5, 0.6) is 11.5 Å². The van der Waals surface area contributed by atoms with Crippen molar-refractivity contribution in [2.75, 3.05) is 14.2 Å². The van der Waals surface area contributed by atoms with Gasteiger partial charge in [0.05, 0.1) is 43.5 Å². The number of aryl methyl sites for hydroxylation is 1. The number of rotatable bonds is 13. The number of hydrogen-bond donors (Lipinski definition) is 2. The van der Waals surface area contributed by atoms with Crippen molar-refractivity contribution < 1.29 is 29.2 Å². The molecule has 7 nitrogen and oxygen atoms in total. The molecular weight excluding hydrogens is 454 g/mol. The molecule has 2 atom stereocenters. The maximum Gasteiger partial charge on any atom is 0.309 e. The van der Waals surface area contributed by atoms with E-state index in [9.17, 15) is 15.0 Å². The lowest BCUT2D eigenvalue weighted by atomic mass is 9.99. The highest BCUT2D eigenvalue weighted by atomic mass is 32.1. The minimum Gasteiger partial charge on any atom is -0.496 e. The number of ether oxygens (including phenoxy) is 3. The molecule has 0 amide bonds. The molecule has 3 rings (SSSR count). The van der Waals surface area contributed by atoms with Gasteiger partial charge in [0, 0.05) is 16.9 Å². The first-order chi connectivity index (χ1) is 16.4. The van der Waals surface area contributed by atoms with Crippen LogP contribution in [0.2, 0.25) is 0 Å². The molecule has 8 heteroatoms. The van der Waals surface area contributed by atoms with Crippen molar-refractivity contribution in [2.24, 2.45) is 0 Å². The highest BCUT2D eigenvalue weighted by Crippen LogP contribution is 2.36. The summed E-state index contributed by atoms with van der Waals surface area (Å²) in [6.07, 6.45) is 6.07. The zero-order chi connectivity index (χ0) is 24.7. The van der Waals surface area contributed by atoms with E-state index in [0.717, 1.165) is 60.4 Å². The quantitative estimate of drug-likeness (QED) is 0.405. The zero-order valence-electron chi connectivity index (χ0n) is 20.6. The number of aliphatic carboxylic acids is 1. The van der Waals surface area contributed by atoms with Crippen LogP contribution in [0.15, 0.2) is 12.1 Å². The molecule has 2 unspecified atom stereocenters. The second kappa shape index (κ2) is 12.5. The van der Waals surface area contributed by atoms with E-state index in [-0.39, 0.29) is 12.5 Å². The van der Waals surface area contributed by atoms with E-state index >= 15 is 0 Å². The first-order valence-electron chi connectivity index (χ1n) is 12.1. The van der Waals surface area contributed by atoms with Crippen molar-refractivity contribution >= 4 is 17.3 Å². The van der Waals surface area contributed by atoms with E-state index in [1.165, 1.54) is 0 Å². The van der Waals surface area contributed by atoms with E-state index in [0.29, 0.717) is 29.2 Å². The Balaban J connectivity index is 1.90. The number of benzene rings is 1. The molecule has 0 spiro atoms. The minimum absolute atomic E-state index is 0.0847. The fourth-order valence-electron chi connectivity index (χ4n) is 4.51. The van der Waals surface area contributed by atoms with Crippen molar-refractivity contribution in [3.05, 3.63) is 38.8 Å². The standard InChI is InChI=1S/C26H37NO6S/c1-5-6-11-23-19(14-25(28)29)27-24(34-23)15-22(33-18-9-7-8-10-18)26(30)17-12-20(31-3)16(2)21(13-17)32-4/h12-13,18,22,26,30H,5-11,14-15H2,1-4H3,(H,28,29). The van der Waals surface area contributed by atoms with Gasteiger partial charge in [0.1, 0.15) is 17.6 Å². The van der Waals surface area contributed by atoms with Crippen LogP contribution < -0.4 is 9.47 Å². The van der Waals surface area contributed by atoms with E-state index in [1.54, 1.807) is 25.6 Å². The summed E-state index contributed by atoms with van der Waals surface area (Å²) in [5, 5.41) is 21.6. The van der Waals surface area contributed by atoms with Gasteiger partial charge in [-0.25, -0.2) is 4.98 Å². The van der Waals surface area contributed by atoms with Gasteiger partial charge in [-0.2, -0.15) is 0 Å². The minimum atomic E-state index is -0.907. The van der Waals surface area contributed by atoms with E-state index in [1.807, 2.05) is 19.1 Å². The molecule has 1 saturated carbocycles. The summed E-state index contributed by atoms with van der Waals surface area (Å²) < 4.78 is 17.4. The van der Waals surface area contributed by atoms with Crippen LogP contribution in [-0.2, 0) is 28.8 Å². The maximum absolute atomic E-state index is 11.4. The van der Waals surface area contributed by atoms with Gasteiger partial charge in [0.25, 0.3) is 0 Å². The Kier molecular flexibility index (Phi) is 9.74. The molecule has 0 bridgehead atoms. The lowest BCUT2D eigenvalue weighted by Gasteiger charge is -2.27. The Morgan fingerprint density at radius 3 is 2.41 bits per heavy atom. The number of carboxylic acids is 1. The topological polar surface area (TPSA) is 98.1 Å². The van der Waals surface area contributed by atoms with Gasteiger partial charge in [-0.1, -0.05) is 26.2 Å². The molecule has 1 aliphatic rings. The first kappa shape index (κ1) is 26.4. The van der Waals surface area contributed by atoms with E-state index < -0.39 is 18.2 Å². The molecular formula is C26H37NO6S. The van der Waals surface area contributed by atoms with Crippen molar-refractivity contribution in [1.82, 2.24) is 4.98 Å². The Labute approximate surface area is 206 Å². The molecule has 2 N–H and O–H groups in total. The molecule has 0 aliphatic heterocycles. The molecule has 0 saturated heterocycles. The normalized spacial score (nSPS) is 15.9. The Bertz CT molecular complexity index is 928. The number of unbranched alkanes of at least 4 members (excludes halogenated alkanes) is 1. The van der Waals surface area contributed by atoms with Crippen LogP contribution in [0.1, 0.15) is 78.3 Å². The van der Waals surface area contributed by atoms with Crippen LogP contribution in [0.3, 0.4) is 0 Å². The number of aliphatic hydroxyl groups excluding tert-OH is 1. The number of nitrogens with zero attached hydrogens (tertiary/aromatic N) is 1. The van der Waals surface area contributed by atoms with Crippen LogP contribution in [-0.4, -0.2) is 47.6 Å². The van der Waals surface area contributed by atoms with Crippen LogP contribution in [0, 0.1) is 6.92 Å². The second-order valence-electron chi connectivity index (χ2n) is 8.93. The smallest absolute Gasteiger partial charge is 0.309 e. The van der Waals surface area contributed by atoms with Gasteiger partial charge in [0.2, 0.25) is 0 Å². The lowest BCUT2D eigenvalue weighted by Crippen LogP contribution is -2.29. The summed E-state index contributed by atoms with van der Waals surface area (Å²) in [6.45, 7) is 4.03. The van der Waals surface area contributed by atoms with E-state index in [4.69, 9.17) is 14.2 Å². The molecule has 1 heterocycles. The summed E-state index contributed by atoms with van der Waals surface area (Å²) in [4.78, 5) is 17.1. The third-order valence-electron chi connectivity index (χ3n) is 6.41. The summed E-state index contributed by atoms with van der Waals surface area (Å²) in [7, 11) is 3.20. The van der Waals surface area contributed by atoms with Gasteiger partial charge in [-0.05, 0) is 50.3 Å². The Morgan fingerprint density at radius 2 is 1.85 bits per heavy atom. The highest BCUT2D eigenvalue weighted by molar-refractivity contribution is 7.11. The number of hydrogen-bond acceptors (Lipinski definition) is 7. The average Bonchev–Trinajstić information content (AvgIpc) is 3.46. The molecule has 1 aromatic carbocycles. The number of aromatic nitrogens is 1. The van der Waals surface area contributed by atoms with Crippen molar-refractivity contribution in [1.29, 1.82) is 0 Å². The van der Waals surface area contributed by atoms with Crippen molar-refractivity contribution in [3.63, 3.8) is 0 Å². The fourth-order valence-corrected chi connectivity index (χ4v) is 5.68. The van der Waals surface area contributed by atoms with E-state index in [2.05, 4.69) is 11.9 Å². The largest absolute Gasteiger partial charge is 0.496 e. The number of aliphatic hydroxyl groups is 1. The third-order valence-corrected chi connectivity index (χ3v) is 7.59. The van der Waals surface area contributed by atoms with Gasteiger partial charge < -0.3 is 24.4 Å². The molecule has 2 aromatic rings. The molecule has 1 fully saturated rings. The van der Waals surface area contributed by atoms with Crippen LogP contribution in [0.25, 0.3) is 0 Å². The molecule has 34 heavy (non-hydrogen) atoms.